The smallest absolute Gasteiger partial charge is 0.257 e. The van der Waals surface area contributed by atoms with Gasteiger partial charge >= 0.3 is 0 Å². The van der Waals surface area contributed by atoms with Gasteiger partial charge in [0.2, 0.25) is 5.91 Å². The van der Waals surface area contributed by atoms with Gasteiger partial charge in [0, 0.05) is 12.0 Å². The molecule has 0 atom stereocenters. The molecule has 5 rings (SSSR count). The fraction of sp³-hybridized carbons (Fsp3) is 0.609. The van der Waals surface area contributed by atoms with Crippen molar-refractivity contribution < 1.29 is 19.1 Å². The first-order chi connectivity index (χ1) is 14.4. The Bertz CT molecular complexity index is 770. The third-order valence-electron chi connectivity index (χ3n) is 6.88. The molecule has 30 heavy (non-hydrogen) atoms. The maximum Gasteiger partial charge on any atom is 0.257 e. The average Bonchev–Trinajstić information content (AvgIpc) is 2.70. The lowest BCUT2D eigenvalue weighted by atomic mass is 9.49. The van der Waals surface area contributed by atoms with Gasteiger partial charge in [-0.2, -0.15) is 0 Å². The number of benzene rings is 1. The average molecular weight is 414 g/mol. The number of rotatable bonds is 7. The van der Waals surface area contributed by atoms with E-state index in [4.69, 9.17) is 4.74 Å². The van der Waals surface area contributed by atoms with E-state index in [2.05, 4.69) is 16.2 Å². The zero-order valence-electron chi connectivity index (χ0n) is 17.5. The maximum absolute atomic E-state index is 12.5. The highest BCUT2D eigenvalue weighted by atomic mass is 16.5. The Morgan fingerprint density at radius 2 is 1.50 bits per heavy atom. The molecule has 0 heterocycles. The summed E-state index contributed by atoms with van der Waals surface area (Å²) < 4.78 is 5.34. The Labute approximate surface area is 177 Å². The molecule has 7 heteroatoms. The van der Waals surface area contributed by atoms with E-state index >= 15 is 0 Å². The summed E-state index contributed by atoms with van der Waals surface area (Å²) in [5.41, 5.74) is 5.53. The van der Waals surface area contributed by atoms with Crippen LogP contribution in [0.25, 0.3) is 0 Å². The number of hydrazine groups is 1. The van der Waals surface area contributed by atoms with Gasteiger partial charge in [0.1, 0.15) is 5.75 Å². The van der Waals surface area contributed by atoms with Crippen LogP contribution in [-0.4, -0.2) is 30.9 Å². The fourth-order valence-electron chi connectivity index (χ4n) is 6.21. The highest BCUT2D eigenvalue weighted by Gasteiger charge is 2.51. The molecule has 4 bridgehead atoms. The summed E-state index contributed by atoms with van der Waals surface area (Å²) in [4.78, 5) is 36.6. The highest BCUT2D eigenvalue weighted by molar-refractivity contribution is 5.96. The van der Waals surface area contributed by atoms with E-state index in [-0.39, 0.29) is 23.8 Å². The summed E-state index contributed by atoms with van der Waals surface area (Å²) in [6.07, 6.45) is 7.95. The van der Waals surface area contributed by atoms with Crippen LogP contribution in [0.5, 0.6) is 5.75 Å². The predicted octanol–water partition coefficient (Wildman–Crippen LogP) is 2.57. The van der Waals surface area contributed by atoms with E-state index in [1.54, 1.807) is 24.3 Å². The molecule has 0 unspecified atom stereocenters. The fourth-order valence-corrected chi connectivity index (χ4v) is 6.21. The molecule has 0 aliphatic heterocycles. The quantitative estimate of drug-likeness (QED) is 0.599. The van der Waals surface area contributed by atoms with Crippen LogP contribution in [0.2, 0.25) is 0 Å². The van der Waals surface area contributed by atoms with Crippen molar-refractivity contribution in [2.75, 3.05) is 13.2 Å². The molecule has 7 nitrogen and oxygen atoms in total. The molecule has 1 aromatic rings. The second kappa shape index (κ2) is 8.66. The molecule has 1 aromatic carbocycles. The van der Waals surface area contributed by atoms with Crippen molar-refractivity contribution in [2.24, 2.45) is 23.2 Å². The van der Waals surface area contributed by atoms with Crippen molar-refractivity contribution in [2.45, 2.75) is 51.9 Å². The normalized spacial score (nSPS) is 28.6. The minimum atomic E-state index is -0.451. The van der Waals surface area contributed by atoms with Crippen LogP contribution in [0.4, 0.5) is 0 Å². The monoisotopic (exact) mass is 413 g/mol. The third-order valence-corrected chi connectivity index (χ3v) is 6.88. The van der Waals surface area contributed by atoms with Gasteiger partial charge < -0.3 is 10.1 Å². The summed E-state index contributed by atoms with van der Waals surface area (Å²) in [6.45, 7) is 2.24. The van der Waals surface area contributed by atoms with Gasteiger partial charge in [0.25, 0.3) is 11.8 Å². The van der Waals surface area contributed by atoms with Crippen LogP contribution < -0.4 is 20.9 Å². The van der Waals surface area contributed by atoms with Crippen LogP contribution >= 0.6 is 0 Å². The lowest BCUT2D eigenvalue weighted by Gasteiger charge is -2.56. The maximum atomic E-state index is 12.5. The Balaban J connectivity index is 1.18. The minimum Gasteiger partial charge on any atom is -0.494 e. The molecule has 0 saturated heterocycles. The lowest BCUT2D eigenvalue weighted by Crippen LogP contribution is -2.51. The van der Waals surface area contributed by atoms with Crippen molar-refractivity contribution in [3.8, 4) is 5.75 Å². The van der Waals surface area contributed by atoms with Gasteiger partial charge in [-0.25, -0.2) is 0 Å². The Morgan fingerprint density at radius 3 is 2.07 bits per heavy atom. The first-order valence-electron chi connectivity index (χ1n) is 11.0. The number of nitrogens with one attached hydrogen (secondary N) is 3. The predicted molar refractivity (Wildman–Crippen MR) is 111 cm³/mol. The number of hydrogen-bond acceptors (Lipinski definition) is 4. The summed E-state index contributed by atoms with van der Waals surface area (Å²) in [7, 11) is 0. The highest BCUT2D eigenvalue weighted by Crippen LogP contribution is 2.61. The summed E-state index contributed by atoms with van der Waals surface area (Å²) in [6, 6.07) is 6.71. The number of ether oxygens (including phenoxy) is 1. The second-order valence-electron chi connectivity index (χ2n) is 9.33. The molecule has 0 spiro atoms. The van der Waals surface area contributed by atoms with Crippen molar-refractivity contribution in [1.29, 1.82) is 0 Å². The van der Waals surface area contributed by atoms with Crippen LogP contribution in [0, 0.1) is 23.2 Å². The first kappa shape index (κ1) is 20.7. The van der Waals surface area contributed by atoms with Crippen LogP contribution in [-0.2, 0) is 9.59 Å². The number of carbonyl (C=O) groups excluding carboxylic acids is 3. The van der Waals surface area contributed by atoms with Crippen molar-refractivity contribution in [3.63, 3.8) is 0 Å². The lowest BCUT2D eigenvalue weighted by molar-refractivity contribution is -0.134. The zero-order chi connectivity index (χ0) is 21.1. The van der Waals surface area contributed by atoms with Gasteiger partial charge in [-0.05, 0) is 92.9 Å². The van der Waals surface area contributed by atoms with Crippen LogP contribution in [0.3, 0.4) is 0 Å². The summed E-state index contributed by atoms with van der Waals surface area (Å²) in [5, 5.41) is 2.56. The molecular weight excluding hydrogens is 382 g/mol. The largest absolute Gasteiger partial charge is 0.494 e. The minimum absolute atomic E-state index is 0.130. The van der Waals surface area contributed by atoms with E-state index in [1.807, 2.05) is 6.92 Å². The Hall–Kier alpha value is -2.57. The molecule has 0 aromatic heterocycles. The number of amides is 3. The van der Waals surface area contributed by atoms with E-state index in [0.717, 1.165) is 37.0 Å². The van der Waals surface area contributed by atoms with Gasteiger partial charge in [-0.3, -0.25) is 25.2 Å². The van der Waals surface area contributed by atoms with Crippen molar-refractivity contribution >= 4 is 17.7 Å². The molecule has 0 radical (unpaired) electrons. The van der Waals surface area contributed by atoms with Crippen LogP contribution in [0.1, 0.15) is 62.2 Å². The van der Waals surface area contributed by atoms with Crippen molar-refractivity contribution in [3.05, 3.63) is 29.8 Å². The van der Waals surface area contributed by atoms with Gasteiger partial charge in [0.15, 0.2) is 0 Å². The van der Waals surface area contributed by atoms with Gasteiger partial charge in [-0.15, -0.1) is 0 Å². The molecule has 4 aliphatic rings. The summed E-state index contributed by atoms with van der Waals surface area (Å²) in [5.74, 6) is 2.11. The Kier molecular flexibility index (Phi) is 5.97. The molecular formula is C23H31N3O4. The first-order valence-corrected chi connectivity index (χ1v) is 11.0. The van der Waals surface area contributed by atoms with E-state index < -0.39 is 5.91 Å². The second-order valence-corrected chi connectivity index (χ2v) is 9.33. The van der Waals surface area contributed by atoms with E-state index in [1.165, 1.54) is 19.3 Å². The Morgan fingerprint density at radius 1 is 0.933 bits per heavy atom. The third kappa shape index (κ3) is 4.77. The molecule has 3 N–H and O–H groups in total. The van der Waals surface area contributed by atoms with Crippen molar-refractivity contribution in [1.82, 2.24) is 16.2 Å². The van der Waals surface area contributed by atoms with E-state index in [0.29, 0.717) is 24.3 Å². The molecule has 4 saturated carbocycles. The topological polar surface area (TPSA) is 96.5 Å². The zero-order valence-corrected chi connectivity index (χ0v) is 17.5. The standard InChI is InChI=1S/C23H31N3O4/c1-2-30-19-5-3-18(4-6-19)22(29)24-14-21(28)26-25-20(27)13-23-10-15-7-16(11-23)9-17(8-15)12-23/h3-6,15-17H,2,7-14H2,1H3,(H,24,29)(H,25,27)(H,26,28). The SMILES string of the molecule is CCOc1ccc(C(=O)NCC(=O)NNC(=O)CC23CC4CC(CC(C4)C2)C3)cc1. The number of hydrogen-bond donors (Lipinski definition) is 3. The molecule has 4 aliphatic carbocycles. The molecule has 162 valence electrons. The number of carbonyl (C=O) groups is 3. The van der Waals surface area contributed by atoms with Gasteiger partial charge in [0.05, 0.1) is 13.2 Å². The van der Waals surface area contributed by atoms with Crippen LogP contribution in [0.15, 0.2) is 24.3 Å². The van der Waals surface area contributed by atoms with E-state index in [9.17, 15) is 14.4 Å². The van der Waals surface area contributed by atoms with Gasteiger partial charge in [-0.1, -0.05) is 0 Å². The molecule has 3 amide bonds. The molecule has 4 fully saturated rings. The summed E-state index contributed by atoms with van der Waals surface area (Å²) >= 11 is 0.